The average Bonchev–Trinajstić information content (AvgIpc) is 1.92. The lowest BCUT2D eigenvalue weighted by molar-refractivity contribution is 0.426. The Morgan fingerprint density at radius 3 is 0.647 bits per heavy atom. The summed E-state index contributed by atoms with van der Waals surface area (Å²) >= 11 is 7.02. The van der Waals surface area contributed by atoms with Gasteiger partial charge in [-0.1, -0.05) is 329 Å². The van der Waals surface area contributed by atoms with Crippen molar-refractivity contribution < 1.29 is 10.0 Å². The molecule has 5 heteroatoms. The molecule has 85 heavy (non-hydrogen) atoms. The largest absolute Gasteiger partial charge is 0.489 e. The fraction of sp³-hybridized carbons (Fsp3) is 0. The van der Waals surface area contributed by atoms with Gasteiger partial charge in [0.1, 0.15) is 0 Å². The molecule has 2 N–H and O–H groups in total. The number of benzene rings is 16. The molecule has 0 aromatic heterocycles. The van der Waals surface area contributed by atoms with E-state index in [1.54, 1.807) is 0 Å². The van der Waals surface area contributed by atoms with Crippen LogP contribution in [-0.2, 0) is 0 Å². The minimum absolute atomic E-state index is 0.566. The minimum atomic E-state index is -1.50. The third kappa shape index (κ3) is 9.75. The standard InChI is InChI=1S/C50H32.C20H15BO2.C10H6Br2/c1-3-17-33(18-4-1)47-37-23-9-13-27-41(37)49(42-28-14-10-24-38(42)47)45-31-32-46(36-22-8-7-21-35(36)45)50-43-29-15-11-25-39(43)48(34-19-5-2-6-20-34)40-26-12-16-30-44(40)50;22-21(23)20-17-12-6-4-10-15(17)19(14-8-2-1-3-9-14)16-11-5-7-13-18(16)20;11-9-5-6-10(12)8-4-2-1-3-7(8)9/h1-32H;1-13,22-23H;1-6H. The summed E-state index contributed by atoms with van der Waals surface area (Å²) in [5.41, 5.74) is 13.0. The van der Waals surface area contributed by atoms with Crippen LogP contribution in [0.2, 0.25) is 0 Å². The van der Waals surface area contributed by atoms with Crippen molar-refractivity contribution >= 4 is 131 Å². The van der Waals surface area contributed by atoms with Gasteiger partial charge < -0.3 is 10.0 Å². The van der Waals surface area contributed by atoms with E-state index in [9.17, 15) is 10.0 Å². The van der Waals surface area contributed by atoms with Gasteiger partial charge in [0.05, 0.1) is 0 Å². The van der Waals surface area contributed by atoms with E-state index in [1.165, 1.54) is 109 Å². The second-order valence-corrected chi connectivity index (χ2v) is 23.0. The zero-order chi connectivity index (χ0) is 57.4. The van der Waals surface area contributed by atoms with Crippen LogP contribution in [-0.4, -0.2) is 17.2 Å². The summed E-state index contributed by atoms with van der Waals surface area (Å²) in [6.07, 6.45) is 0. The summed E-state index contributed by atoms with van der Waals surface area (Å²) < 4.78 is 2.28. The van der Waals surface area contributed by atoms with Crippen molar-refractivity contribution in [3.63, 3.8) is 0 Å². The lowest BCUT2D eigenvalue weighted by Gasteiger charge is -2.21. The summed E-state index contributed by atoms with van der Waals surface area (Å²) in [5, 5.41) is 38.8. The van der Waals surface area contributed by atoms with E-state index in [0.29, 0.717) is 5.46 Å². The number of rotatable bonds is 6. The van der Waals surface area contributed by atoms with E-state index >= 15 is 0 Å². The molecule has 0 unspecified atom stereocenters. The van der Waals surface area contributed by atoms with Gasteiger partial charge in [0, 0.05) is 8.95 Å². The van der Waals surface area contributed by atoms with Crippen LogP contribution in [0.25, 0.3) is 142 Å². The normalized spacial score (nSPS) is 11.3. The third-order valence-electron chi connectivity index (χ3n) is 16.6. The minimum Gasteiger partial charge on any atom is -0.423 e. The van der Waals surface area contributed by atoms with Crippen LogP contribution in [0.4, 0.5) is 0 Å². The van der Waals surface area contributed by atoms with Gasteiger partial charge in [-0.05, 0) is 159 Å². The zero-order valence-corrected chi connectivity index (χ0v) is 49.3. The Hall–Kier alpha value is -9.46. The van der Waals surface area contributed by atoms with Gasteiger partial charge in [-0.3, -0.25) is 0 Å². The molecule has 16 aromatic rings. The summed E-state index contributed by atoms with van der Waals surface area (Å²) in [6.45, 7) is 0. The predicted molar refractivity (Wildman–Crippen MR) is 372 cm³/mol. The van der Waals surface area contributed by atoms with Crippen molar-refractivity contribution in [3.05, 3.63) is 318 Å². The molecule has 2 nitrogen and oxygen atoms in total. The molecule has 0 aliphatic carbocycles. The highest BCUT2D eigenvalue weighted by Gasteiger charge is 2.24. The molecule has 0 aliphatic heterocycles. The Balaban J connectivity index is 0.000000149. The molecule has 0 amide bonds. The van der Waals surface area contributed by atoms with Gasteiger partial charge in [0.25, 0.3) is 0 Å². The maximum atomic E-state index is 9.94. The lowest BCUT2D eigenvalue weighted by atomic mass is 9.72. The number of fused-ring (bicyclic) bond motifs is 8. The Morgan fingerprint density at radius 2 is 0.388 bits per heavy atom. The maximum absolute atomic E-state index is 9.94. The van der Waals surface area contributed by atoms with E-state index in [1.807, 2.05) is 91.0 Å². The maximum Gasteiger partial charge on any atom is 0.489 e. The first-order valence-corrected chi connectivity index (χ1v) is 30.2. The molecule has 16 rings (SSSR count). The number of hydrogen-bond acceptors (Lipinski definition) is 2. The molecule has 0 heterocycles. The lowest BCUT2D eigenvalue weighted by Crippen LogP contribution is -2.31. The van der Waals surface area contributed by atoms with Crippen molar-refractivity contribution in [2.24, 2.45) is 0 Å². The smallest absolute Gasteiger partial charge is 0.423 e. The molecule has 402 valence electrons. The fourth-order valence-electron chi connectivity index (χ4n) is 13.0. The average molecular weight is 1220 g/mol. The second kappa shape index (κ2) is 23.3. The van der Waals surface area contributed by atoms with Gasteiger partial charge in [0.15, 0.2) is 0 Å². The van der Waals surface area contributed by atoms with Crippen LogP contribution in [0, 0.1) is 0 Å². The van der Waals surface area contributed by atoms with E-state index in [0.717, 1.165) is 41.6 Å². The van der Waals surface area contributed by atoms with Crippen molar-refractivity contribution in [2.75, 3.05) is 0 Å². The Morgan fingerprint density at radius 1 is 0.188 bits per heavy atom. The number of halogens is 2. The molecule has 16 aromatic carbocycles. The van der Waals surface area contributed by atoms with Crippen molar-refractivity contribution in [3.8, 4) is 55.6 Å². The summed E-state index contributed by atoms with van der Waals surface area (Å²) in [7, 11) is -1.50. The summed E-state index contributed by atoms with van der Waals surface area (Å²) in [4.78, 5) is 0. The first-order valence-electron chi connectivity index (χ1n) is 28.6. The van der Waals surface area contributed by atoms with E-state index in [2.05, 4.69) is 250 Å². The Bertz CT molecular complexity index is 4770. The van der Waals surface area contributed by atoms with Crippen LogP contribution in [0.15, 0.2) is 318 Å². The molecule has 0 saturated heterocycles. The van der Waals surface area contributed by atoms with Crippen LogP contribution in [0.5, 0.6) is 0 Å². The molecule has 0 radical (unpaired) electrons. The van der Waals surface area contributed by atoms with Crippen LogP contribution in [0.1, 0.15) is 0 Å². The highest BCUT2D eigenvalue weighted by atomic mass is 79.9. The van der Waals surface area contributed by atoms with Gasteiger partial charge in [0.2, 0.25) is 0 Å². The van der Waals surface area contributed by atoms with Crippen molar-refractivity contribution in [1.82, 2.24) is 0 Å². The highest BCUT2D eigenvalue weighted by molar-refractivity contribution is 9.11. The van der Waals surface area contributed by atoms with E-state index in [4.69, 9.17) is 0 Å². The van der Waals surface area contributed by atoms with Crippen LogP contribution < -0.4 is 5.46 Å². The Kier molecular flexibility index (Phi) is 14.7. The van der Waals surface area contributed by atoms with Crippen LogP contribution in [0.3, 0.4) is 0 Å². The topological polar surface area (TPSA) is 40.5 Å². The van der Waals surface area contributed by atoms with Gasteiger partial charge in [-0.15, -0.1) is 0 Å². The molecule has 0 saturated carbocycles. The van der Waals surface area contributed by atoms with Crippen molar-refractivity contribution in [1.29, 1.82) is 0 Å². The molecule has 0 spiro atoms. The quantitative estimate of drug-likeness (QED) is 0.129. The predicted octanol–water partition coefficient (Wildman–Crippen LogP) is 21.8. The van der Waals surface area contributed by atoms with Gasteiger partial charge in [-0.2, -0.15) is 0 Å². The summed E-state index contributed by atoms with van der Waals surface area (Å²) in [5.74, 6) is 0. The monoisotopic (exact) mass is 1210 g/mol. The van der Waals surface area contributed by atoms with Gasteiger partial charge >= 0.3 is 7.12 Å². The fourth-order valence-corrected chi connectivity index (χ4v) is 13.9. The Labute approximate surface area is 511 Å². The molecule has 0 atom stereocenters. The third-order valence-corrected chi connectivity index (χ3v) is 17.9. The van der Waals surface area contributed by atoms with Crippen LogP contribution >= 0.6 is 31.9 Å². The molecule has 0 aliphatic rings. The first kappa shape index (κ1) is 53.5. The number of hydrogen-bond donors (Lipinski definition) is 2. The molecular weight excluding hydrogens is 1160 g/mol. The van der Waals surface area contributed by atoms with E-state index in [-0.39, 0.29) is 0 Å². The van der Waals surface area contributed by atoms with Crippen molar-refractivity contribution in [2.45, 2.75) is 0 Å². The van der Waals surface area contributed by atoms with E-state index < -0.39 is 7.12 Å². The molecule has 0 bridgehead atoms. The molecule has 0 fully saturated rings. The SMILES string of the molecule is Brc1ccc(Br)c2ccccc12.OB(O)c1c2ccccc2c(-c2ccccc2)c2ccccc12.c1ccc(-c2c3ccccc3c(-c3ccc(-c4c5ccccc5c(-c5ccccc5)c5ccccc45)c4ccccc34)c3ccccc23)cc1. The highest BCUT2D eigenvalue weighted by Crippen LogP contribution is 2.49. The second-order valence-electron chi connectivity index (χ2n) is 21.3. The molecular formula is C80H53BBr2O2. The zero-order valence-electron chi connectivity index (χ0n) is 46.2. The first-order chi connectivity index (χ1) is 41.9. The summed E-state index contributed by atoms with van der Waals surface area (Å²) in [6, 6.07) is 110. The van der Waals surface area contributed by atoms with Gasteiger partial charge in [-0.25, -0.2) is 0 Å².